The average Bonchev–Trinajstić information content (AvgIpc) is 2.93. The van der Waals surface area contributed by atoms with E-state index in [2.05, 4.69) is 9.97 Å². The molecule has 2 heterocycles. The van der Waals surface area contributed by atoms with Crippen molar-refractivity contribution in [3.05, 3.63) is 72.3 Å². The summed E-state index contributed by atoms with van der Waals surface area (Å²) >= 11 is 0. The molecule has 1 amide bonds. The molecular formula is C25H25N3O3. The van der Waals surface area contributed by atoms with Crippen LogP contribution >= 0.6 is 0 Å². The molecule has 2 aromatic carbocycles. The number of aromatic nitrogens is 2. The molecule has 1 saturated carbocycles. The second kappa shape index (κ2) is 8.76. The Morgan fingerprint density at radius 3 is 2.55 bits per heavy atom. The van der Waals surface area contributed by atoms with E-state index in [4.69, 9.17) is 9.47 Å². The lowest BCUT2D eigenvalue weighted by molar-refractivity contribution is 0.0738. The van der Waals surface area contributed by atoms with Crippen molar-refractivity contribution in [2.45, 2.75) is 25.8 Å². The molecule has 6 heteroatoms. The summed E-state index contributed by atoms with van der Waals surface area (Å²) in [6.07, 6.45) is 7.25. The maximum absolute atomic E-state index is 13.2. The Labute approximate surface area is 181 Å². The zero-order chi connectivity index (χ0) is 21.0. The number of benzene rings is 2. The van der Waals surface area contributed by atoms with Crippen LogP contribution < -0.4 is 9.47 Å². The molecule has 1 fully saturated rings. The lowest BCUT2D eigenvalue weighted by atomic mass is 9.86. The third-order valence-corrected chi connectivity index (χ3v) is 5.97. The molecule has 0 unspecified atom stereocenters. The molecule has 0 spiro atoms. The first-order chi connectivity index (χ1) is 15.3. The van der Waals surface area contributed by atoms with Crippen LogP contribution in [0.1, 0.15) is 35.4 Å². The first-order valence-electron chi connectivity index (χ1n) is 10.8. The Kier molecular flexibility index (Phi) is 5.52. The van der Waals surface area contributed by atoms with Crippen LogP contribution in [0.3, 0.4) is 0 Å². The number of amides is 1. The van der Waals surface area contributed by atoms with E-state index in [0.29, 0.717) is 42.8 Å². The van der Waals surface area contributed by atoms with Crippen molar-refractivity contribution < 1.29 is 14.3 Å². The Morgan fingerprint density at radius 1 is 1.03 bits per heavy atom. The Hall–Kier alpha value is -3.41. The molecule has 0 radical (unpaired) electrons. The van der Waals surface area contributed by atoms with Crippen molar-refractivity contribution in [1.82, 2.24) is 14.9 Å². The van der Waals surface area contributed by atoms with Gasteiger partial charge in [-0.1, -0.05) is 24.6 Å². The van der Waals surface area contributed by atoms with Crippen LogP contribution in [-0.2, 0) is 6.54 Å². The average molecular weight is 415 g/mol. The van der Waals surface area contributed by atoms with Crippen molar-refractivity contribution in [2.75, 3.05) is 19.8 Å². The minimum atomic E-state index is -0.0674. The van der Waals surface area contributed by atoms with Gasteiger partial charge in [0.2, 0.25) is 0 Å². The fourth-order valence-corrected chi connectivity index (χ4v) is 3.89. The zero-order valence-corrected chi connectivity index (χ0v) is 17.4. The van der Waals surface area contributed by atoms with Gasteiger partial charge < -0.3 is 14.4 Å². The monoisotopic (exact) mass is 415 g/mol. The maximum atomic E-state index is 13.2. The number of carbonyl (C=O) groups is 1. The highest BCUT2D eigenvalue weighted by Crippen LogP contribution is 2.31. The summed E-state index contributed by atoms with van der Waals surface area (Å²) in [6.45, 7) is 2.09. The summed E-state index contributed by atoms with van der Waals surface area (Å²) in [5, 5.41) is 0. The number of nitrogens with zero attached hydrogens (tertiary/aromatic N) is 3. The van der Waals surface area contributed by atoms with Crippen LogP contribution in [0.5, 0.6) is 11.5 Å². The standard InChI is InChI=1S/C25H25N3O3/c29-25-22-15-20(19-5-8-21(9-6-19)31-17-18-3-1-4-18)7-10-23(22)30-14-13-28(25)16-24-26-11-2-12-27-24/h2,5-12,15,18H,1,3-4,13-14,16-17H2. The summed E-state index contributed by atoms with van der Waals surface area (Å²) < 4.78 is 11.7. The predicted molar refractivity (Wildman–Crippen MR) is 117 cm³/mol. The predicted octanol–water partition coefficient (Wildman–Crippen LogP) is 4.36. The van der Waals surface area contributed by atoms with Crippen molar-refractivity contribution in [2.24, 2.45) is 5.92 Å². The Morgan fingerprint density at radius 2 is 1.81 bits per heavy atom. The molecule has 31 heavy (non-hydrogen) atoms. The molecule has 1 aliphatic heterocycles. The molecule has 1 aliphatic carbocycles. The lowest BCUT2D eigenvalue weighted by Gasteiger charge is -2.25. The van der Waals surface area contributed by atoms with Gasteiger partial charge in [0, 0.05) is 12.4 Å². The SMILES string of the molecule is O=C1c2cc(-c3ccc(OCC4CCC4)cc3)ccc2OCCN1Cc1ncccn1. The molecule has 158 valence electrons. The number of hydrogen-bond donors (Lipinski definition) is 0. The molecular weight excluding hydrogens is 390 g/mol. The molecule has 3 aromatic rings. The lowest BCUT2D eigenvalue weighted by Crippen LogP contribution is -2.32. The summed E-state index contributed by atoms with van der Waals surface area (Å²) in [5.41, 5.74) is 2.57. The molecule has 0 atom stereocenters. The van der Waals surface area contributed by atoms with Crippen LogP contribution in [0.2, 0.25) is 0 Å². The second-order valence-corrected chi connectivity index (χ2v) is 8.08. The van der Waals surface area contributed by atoms with Gasteiger partial charge >= 0.3 is 0 Å². The van der Waals surface area contributed by atoms with Gasteiger partial charge in [-0.3, -0.25) is 4.79 Å². The van der Waals surface area contributed by atoms with Crippen molar-refractivity contribution in [1.29, 1.82) is 0 Å². The molecule has 0 N–H and O–H groups in total. The molecule has 1 aromatic heterocycles. The van der Waals surface area contributed by atoms with Gasteiger partial charge in [0.1, 0.15) is 23.9 Å². The fraction of sp³-hybridized carbons (Fsp3) is 0.320. The quantitative estimate of drug-likeness (QED) is 0.599. The summed E-state index contributed by atoms with van der Waals surface area (Å²) in [6, 6.07) is 15.6. The Balaban J connectivity index is 1.34. The van der Waals surface area contributed by atoms with Crippen LogP contribution in [0.4, 0.5) is 0 Å². The Bertz CT molecular complexity index is 1050. The largest absolute Gasteiger partial charge is 0.493 e. The van der Waals surface area contributed by atoms with Gasteiger partial charge in [0.05, 0.1) is 25.3 Å². The molecule has 6 nitrogen and oxygen atoms in total. The highest BCUT2D eigenvalue weighted by molar-refractivity contribution is 5.98. The van der Waals surface area contributed by atoms with Crippen LogP contribution in [0.15, 0.2) is 60.9 Å². The molecule has 0 saturated heterocycles. The first-order valence-corrected chi connectivity index (χ1v) is 10.8. The summed E-state index contributed by atoms with van der Waals surface area (Å²) in [5.74, 6) is 2.76. The van der Waals surface area contributed by atoms with Crippen molar-refractivity contribution >= 4 is 5.91 Å². The van der Waals surface area contributed by atoms with E-state index in [-0.39, 0.29) is 5.91 Å². The third-order valence-electron chi connectivity index (χ3n) is 5.97. The topological polar surface area (TPSA) is 64.6 Å². The third kappa shape index (κ3) is 4.38. The van der Waals surface area contributed by atoms with Crippen LogP contribution in [0, 0.1) is 5.92 Å². The number of hydrogen-bond acceptors (Lipinski definition) is 5. The smallest absolute Gasteiger partial charge is 0.258 e. The fourth-order valence-electron chi connectivity index (χ4n) is 3.89. The van der Waals surface area contributed by atoms with E-state index in [1.807, 2.05) is 42.5 Å². The minimum Gasteiger partial charge on any atom is -0.493 e. The number of ether oxygens (including phenoxy) is 2. The van der Waals surface area contributed by atoms with E-state index in [0.717, 1.165) is 23.5 Å². The van der Waals surface area contributed by atoms with Gasteiger partial charge in [-0.2, -0.15) is 0 Å². The van der Waals surface area contributed by atoms with E-state index < -0.39 is 0 Å². The summed E-state index contributed by atoms with van der Waals surface area (Å²) in [7, 11) is 0. The summed E-state index contributed by atoms with van der Waals surface area (Å²) in [4.78, 5) is 23.5. The zero-order valence-electron chi connectivity index (χ0n) is 17.4. The first kappa shape index (κ1) is 19.5. The molecule has 5 rings (SSSR count). The normalized spacial score (nSPS) is 16.1. The van der Waals surface area contributed by atoms with Crippen molar-refractivity contribution in [3.8, 4) is 22.6 Å². The van der Waals surface area contributed by atoms with Gasteiger partial charge in [0.15, 0.2) is 0 Å². The van der Waals surface area contributed by atoms with Gasteiger partial charge in [0.25, 0.3) is 5.91 Å². The van der Waals surface area contributed by atoms with Crippen LogP contribution in [0.25, 0.3) is 11.1 Å². The van der Waals surface area contributed by atoms with E-state index in [9.17, 15) is 4.79 Å². The number of carbonyl (C=O) groups excluding carboxylic acids is 1. The van der Waals surface area contributed by atoms with Gasteiger partial charge in [-0.15, -0.1) is 0 Å². The van der Waals surface area contributed by atoms with Crippen LogP contribution in [-0.4, -0.2) is 40.5 Å². The van der Waals surface area contributed by atoms with E-state index >= 15 is 0 Å². The molecule has 0 bridgehead atoms. The van der Waals surface area contributed by atoms with Crippen molar-refractivity contribution in [3.63, 3.8) is 0 Å². The highest BCUT2D eigenvalue weighted by atomic mass is 16.5. The van der Waals surface area contributed by atoms with E-state index in [1.54, 1.807) is 23.4 Å². The maximum Gasteiger partial charge on any atom is 0.258 e. The molecule has 2 aliphatic rings. The van der Waals surface area contributed by atoms with Gasteiger partial charge in [-0.25, -0.2) is 9.97 Å². The number of fused-ring (bicyclic) bond motifs is 1. The number of rotatable bonds is 6. The second-order valence-electron chi connectivity index (χ2n) is 8.08. The minimum absolute atomic E-state index is 0.0674. The highest BCUT2D eigenvalue weighted by Gasteiger charge is 2.25. The van der Waals surface area contributed by atoms with Gasteiger partial charge in [-0.05, 0) is 60.2 Å². The van der Waals surface area contributed by atoms with E-state index in [1.165, 1.54) is 19.3 Å².